The molecule has 2 aromatic rings. The number of nitrogens with zero attached hydrogens (tertiary/aromatic N) is 2. The highest BCUT2D eigenvalue weighted by atomic mass is 19.4. The van der Waals surface area contributed by atoms with Gasteiger partial charge in [0, 0.05) is 23.8 Å². The molecule has 0 aliphatic heterocycles. The standard InChI is InChI=1S/C26H29F7N2O2/c1-6-15(2)22-8-7-21(16(3)12-27)23(34-22)13-35(5)17(4)24(37-14-36)18-9-19(25(28,29)30)11-20(10-18)26(31,32)33/h7-11,14-15,17,24H,3,6,12-13H2,1-2,4-5H3. The van der Waals surface area contributed by atoms with E-state index in [2.05, 4.69) is 11.6 Å². The fraction of sp³-hybridized carbons (Fsp3) is 0.462. The summed E-state index contributed by atoms with van der Waals surface area (Å²) in [6.07, 6.45) is -10.8. The lowest BCUT2D eigenvalue weighted by atomic mass is 9.96. The second-order valence-corrected chi connectivity index (χ2v) is 8.92. The van der Waals surface area contributed by atoms with E-state index in [1.807, 2.05) is 13.8 Å². The lowest BCUT2D eigenvalue weighted by molar-refractivity contribution is -0.143. The Kier molecular flexibility index (Phi) is 9.87. The number of allylic oxidation sites excluding steroid dienone is 1. The summed E-state index contributed by atoms with van der Waals surface area (Å²) in [7, 11) is 1.55. The van der Waals surface area contributed by atoms with E-state index in [1.54, 1.807) is 24.1 Å². The minimum atomic E-state index is -5.06. The molecular formula is C26H29F7N2O2. The zero-order valence-corrected chi connectivity index (χ0v) is 20.9. The van der Waals surface area contributed by atoms with Gasteiger partial charge in [-0.3, -0.25) is 14.7 Å². The molecule has 4 nitrogen and oxygen atoms in total. The summed E-state index contributed by atoms with van der Waals surface area (Å²) >= 11 is 0. The highest BCUT2D eigenvalue weighted by Gasteiger charge is 2.38. The average Bonchev–Trinajstić information content (AvgIpc) is 2.84. The molecular weight excluding hydrogens is 505 g/mol. The van der Waals surface area contributed by atoms with Crippen LogP contribution in [0.3, 0.4) is 0 Å². The number of hydrogen-bond donors (Lipinski definition) is 0. The van der Waals surface area contributed by atoms with Gasteiger partial charge in [-0.15, -0.1) is 0 Å². The van der Waals surface area contributed by atoms with E-state index in [1.165, 1.54) is 6.92 Å². The fourth-order valence-electron chi connectivity index (χ4n) is 3.80. The Morgan fingerprint density at radius 1 is 1.08 bits per heavy atom. The molecule has 0 aliphatic rings. The van der Waals surface area contributed by atoms with Crippen molar-refractivity contribution in [2.75, 3.05) is 13.7 Å². The van der Waals surface area contributed by atoms with Gasteiger partial charge in [0.1, 0.15) is 12.8 Å². The van der Waals surface area contributed by atoms with Gasteiger partial charge in [0.2, 0.25) is 0 Å². The van der Waals surface area contributed by atoms with Crippen LogP contribution in [0, 0.1) is 0 Å². The number of rotatable bonds is 11. The van der Waals surface area contributed by atoms with Gasteiger partial charge in [0.15, 0.2) is 0 Å². The van der Waals surface area contributed by atoms with E-state index in [0.717, 1.165) is 12.1 Å². The van der Waals surface area contributed by atoms with Gasteiger partial charge in [0.05, 0.1) is 16.8 Å². The topological polar surface area (TPSA) is 42.4 Å². The monoisotopic (exact) mass is 534 g/mol. The number of pyridine rings is 1. The Morgan fingerprint density at radius 2 is 1.65 bits per heavy atom. The third-order valence-electron chi connectivity index (χ3n) is 6.33. The lowest BCUT2D eigenvalue weighted by Crippen LogP contribution is -2.36. The summed E-state index contributed by atoms with van der Waals surface area (Å²) < 4.78 is 98.7. The Morgan fingerprint density at radius 3 is 2.11 bits per heavy atom. The number of aromatic nitrogens is 1. The number of likely N-dealkylation sites (N-methyl/N-ethyl adjacent to an activating group) is 1. The summed E-state index contributed by atoms with van der Waals surface area (Å²) in [5.41, 5.74) is -1.72. The second-order valence-electron chi connectivity index (χ2n) is 8.92. The Labute approximate surface area is 211 Å². The normalized spacial score (nSPS) is 14.8. The molecule has 0 saturated heterocycles. The summed E-state index contributed by atoms with van der Waals surface area (Å²) in [5.74, 6) is 0.0891. The Balaban J connectivity index is 2.52. The van der Waals surface area contributed by atoms with Crippen LogP contribution in [0.25, 0.3) is 5.57 Å². The van der Waals surface area contributed by atoms with Gasteiger partial charge in [-0.1, -0.05) is 26.5 Å². The lowest BCUT2D eigenvalue weighted by Gasteiger charge is -2.32. The van der Waals surface area contributed by atoms with Gasteiger partial charge in [-0.25, -0.2) is 4.39 Å². The number of carbonyl (C=O) groups is 1. The molecule has 3 unspecified atom stereocenters. The van der Waals surface area contributed by atoms with Crippen molar-refractivity contribution in [2.45, 2.75) is 64.2 Å². The Bertz CT molecular complexity index is 1070. The molecule has 37 heavy (non-hydrogen) atoms. The van der Waals surface area contributed by atoms with Gasteiger partial charge in [-0.2, -0.15) is 26.3 Å². The molecule has 0 aliphatic carbocycles. The first-order chi connectivity index (χ1) is 17.1. The summed E-state index contributed by atoms with van der Waals surface area (Å²) in [6, 6.07) is 3.63. The highest BCUT2D eigenvalue weighted by molar-refractivity contribution is 5.66. The molecule has 0 bridgehead atoms. The smallest absolute Gasteiger partial charge is 0.416 e. The third kappa shape index (κ3) is 7.53. The van der Waals surface area contributed by atoms with E-state index in [9.17, 15) is 35.5 Å². The zero-order valence-electron chi connectivity index (χ0n) is 20.9. The molecule has 0 amide bonds. The molecule has 11 heteroatoms. The van der Waals surface area contributed by atoms with Crippen LogP contribution >= 0.6 is 0 Å². The van der Waals surface area contributed by atoms with Crippen molar-refractivity contribution in [1.82, 2.24) is 9.88 Å². The molecule has 204 valence electrons. The van der Waals surface area contributed by atoms with Crippen molar-refractivity contribution in [3.63, 3.8) is 0 Å². The van der Waals surface area contributed by atoms with E-state index in [0.29, 0.717) is 23.4 Å². The van der Waals surface area contributed by atoms with Crippen LogP contribution in [0.15, 0.2) is 36.9 Å². The zero-order chi connectivity index (χ0) is 28.1. The molecule has 1 aromatic carbocycles. The van der Waals surface area contributed by atoms with Crippen LogP contribution in [0.2, 0.25) is 0 Å². The van der Waals surface area contributed by atoms with Crippen LogP contribution in [0.1, 0.15) is 72.9 Å². The molecule has 1 heterocycles. The number of alkyl halides is 7. The molecule has 0 fully saturated rings. The number of halogens is 7. The van der Waals surface area contributed by atoms with Gasteiger partial charge in [0.25, 0.3) is 6.47 Å². The molecule has 0 N–H and O–H groups in total. The van der Waals surface area contributed by atoms with Crippen LogP contribution in [-0.2, 0) is 28.4 Å². The van der Waals surface area contributed by atoms with E-state index >= 15 is 0 Å². The average molecular weight is 535 g/mol. The third-order valence-corrected chi connectivity index (χ3v) is 6.33. The quantitative estimate of drug-likeness (QED) is 0.223. The van der Waals surface area contributed by atoms with Crippen molar-refractivity contribution in [1.29, 1.82) is 0 Å². The minimum absolute atomic E-state index is 0.00894. The van der Waals surface area contributed by atoms with E-state index in [-0.39, 0.29) is 30.6 Å². The second kappa shape index (κ2) is 12.1. The first-order valence-corrected chi connectivity index (χ1v) is 11.5. The highest BCUT2D eigenvalue weighted by Crippen LogP contribution is 2.39. The predicted molar refractivity (Wildman–Crippen MR) is 125 cm³/mol. The number of hydrogen-bond acceptors (Lipinski definition) is 4. The molecule has 0 radical (unpaired) electrons. The van der Waals surface area contributed by atoms with Crippen molar-refractivity contribution < 1.29 is 40.3 Å². The van der Waals surface area contributed by atoms with E-state index < -0.39 is 47.9 Å². The molecule has 0 saturated carbocycles. The molecule has 0 spiro atoms. The number of benzene rings is 1. The van der Waals surface area contributed by atoms with Crippen molar-refractivity contribution in [3.8, 4) is 0 Å². The fourth-order valence-corrected chi connectivity index (χ4v) is 3.80. The van der Waals surface area contributed by atoms with Crippen molar-refractivity contribution in [3.05, 3.63) is 70.6 Å². The number of carbonyl (C=O) groups excluding carboxylic acids is 1. The largest absolute Gasteiger partial charge is 0.458 e. The van der Waals surface area contributed by atoms with Crippen LogP contribution in [0.5, 0.6) is 0 Å². The summed E-state index contributed by atoms with van der Waals surface area (Å²) in [6.45, 7) is 8.30. The molecule has 1 aromatic heterocycles. The number of ether oxygens (including phenoxy) is 1. The van der Waals surface area contributed by atoms with Crippen LogP contribution in [0.4, 0.5) is 30.7 Å². The maximum atomic E-state index is 13.4. The van der Waals surface area contributed by atoms with Gasteiger partial charge in [-0.05, 0) is 61.7 Å². The predicted octanol–water partition coefficient (Wildman–Crippen LogP) is 7.35. The van der Waals surface area contributed by atoms with Gasteiger partial charge >= 0.3 is 12.4 Å². The SMILES string of the molecule is C=C(CF)c1ccc(C(C)CC)nc1CN(C)C(C)C(OC=O)c1cc(C(F)(F)F)cc(C(F)(F)F)c1. The Hall–Kier alpha value is -2.95. The van der Waals surface area contributed by atoms with Crippen molar-refractivity contribution >= 4 is 12.0 Å². The van der Waals surface area contributed by atoms with Crippen LogP contribution in [-0.4, -0.2) is 36.1 Å². The maximum Gasteiger partial charge on any atom is 0.416 e. The molecule has 3 atom stereocenters. The molecule has 2 rings (SSSR count). The minimum Gasteiger partial charge on any atom is -0.458 e. The van der Waals surface area contributed by atoms with Crippen molar-refractivity contribution in [2.24, 2.45) is 0 Å². The summed E-state index contributed by atoms with van der Waals surface area (Å²) in [4.78, 5) is 17.4. The van der Waals surface area contributed by atoms with Crippen LogP contribution < -0.4 is 0 Å². The van der Waals surface area contributed by atoms with E-state index in [4.69, 9.17) is 4.74 Å². The first kappa shape index (κ1) is 30.3. The van der Waals surface area contributed by atoms with Gasteiger partial charge < -0.3 is 4.74 Å². The summed E-state index contributed by atoms with van der Waals surface area (Å²) in [5, 5.41) is 0. The first-order valence-electron chi connectivity index (χ1n) is 11.5. The maximum absolute atomic E-state index is 13.4.